The molecular formula is C15H23NOS. The van der Waals surface area contributed by atoms with E-state index in [0.29, 0.717) is 12.2 Å². The third kappa shape index (κ3) is 3.00. The van der Waals surface area contributed by atoms with Crippen molar-refractivity contribution in [1.82, 2.24) is 4.57 Å². The van der Waals surface area contributed by atoms with Gasteiger partial charge in [-0.2, -0.15) is 11.8 Å². The van der Waals surface area contributed by atoms with E-state index in [9.17, 15) is 4.79 Å². The van der Waals surface area contributed by atoms with Crippen LogP contribution in [0.15, 0.2) is 12.3 Å². The lowest BCUT2D eigenvalue weighted by molar-refractivity contribution is 0.0910. The van der Waals surface area contributed by atoms with Crippen molar-refractivity contribution in [2.75, 3.05) is 11.5 Å². The first-order valence-corrected chi connectivity index (χ1v) is 7.98. The summed E-state index contributed by atoms with van der Waals surface area (Å²) < 4.78 is 2.30. The first-order chi connectivity index (χ1) is 8.53. The summed E-state index contributed by atoms with van der Waals surface area (Å²) in [7, 11) is 0. The van der Waals surface area contributed by atoms with E-state index < -0.39 is 0 Å². The molecular weight excluding hydrogens is 242 g/mol. The van der Waals surface area contributed by atoms with Gasteiger partial charge >= 0.3 is 0 Å². The molecule has 0 saturated heterocycles. The van der Waals surface area contributed by atoms with Gasteiger partial charge in [0.05, 0.1) is 0 Å². The number of carbonyl (C=O) groups excluding carboxylic acids is 1. The highest BCUT2D eigenvalue weighted by Gasteiger charge is 2.32. The summed E-state index contributed by atoms with van der Waals surface area (Å²) in [6.45, 7) is 7.63. The van der Waals surface area contributed by atoms with Crippen molar-refractivity contribution in [3.63, 3.8) is 0 Å². The molecule has 1 aromatic heterocycles. The molecule has 2 rings (SSSR count). The molecule has 18 heavy (non-hydrogen) atoms. The van der Waals surface area contributed by atoms with Gasteiger partial charge in [0.2, 0.25) is 0 Å². The number of ketones is 1. The van der Waals surface area contributed by atoms with Crippen LogP contribution >= 0.6 is 11.8 Å². The summed E-state index contributed by atoms with van der Waals surface area (Å²) in [6, 6.07) is 2.01. The van der Waals surface area contributed by atoms with E-state index in [1.165, 1.54) is 23.6 Å². The van der Waals surface area contributed by atoms with E-state index in [1.54, 1.807) is 0 Å². The van der Waals surface area contributed by atoms with Crippen molar-refractivity contribution in [2.45, 2.75) is 46.6 Å². The maximum atomic E-state index is 12.1. The topological polar surface area (TPSA) is 22.0 Å². The van der Waals surface area contributed by atoms with Gasteiger partial charge in [-0.15, -0.1) is 0 Å². The van der Waals surface area contributed by atoms with Crippen molar-refractivity contribution >= 4 is 17.5 Å². The summed E-state index contributed by atoms with van der Waals surface area (Å²) in [4.78, 5) is 12.1. The Morgan fingerprint density at radius 2 is 2.17 bits per heavy atom. The fraction of sp³-hybridized carbons (Fsp3) is 0.667. The Labute approximate surface area is 114 Å². The minimum atomic E-state index is 0.123. The zero-order valence-electron chi connectivity index (χ0n) is 11.7. The number of fused-ring (bicyclic) bond motifs is 1. The van der Waals surface area contributed by atoms with Crippen molar-refractivity contribution < 1.29 is 4.79 Å². The smallest absolute Gasteiger partial charge is 0.165 e. The molecule has 0 aromatic carbocycles. The summed E-state index contributed by atoms with van der Waals surface area (Å²) in [6.07, 6.45) is 5.01. The number of aryl methyl sites for hydroxylation is 1. The highest BCUT2D eigenvalue weighted by atomic mass is 32.2. The Balaban J connectivity index is 2.08. The Morgan fingerprint density at radius 3 is 2.89 bits per heavy atom. The van der Waals surface area contributed by atoms with Crippen molar-refractivity contribution in [2.24, 2.45) is 5.41 Å². The molecule has 0 fully saturated rings. The summed E-state index contributed by atoms with van der Waals surface area (Å²) in [5.74, 6) is 2.72. The van der Waals surface area contributed by atoms with Crippen LogP contribution in [0.2, 0.25) is 0 Å². The molecule has 3 heteroatoms. The molecule has 0 N–H and O–H groups in total. The quantitative estimate of drug-likeness (QED) is 0.756. The summed E-state index contributed by atoms with van der Waals surface area (Å²) in [5.41, 5.74) is 2.36. The Morgan fingerprint density at radius 1 is 1.39 bits per heavy atom. The van der Waals surface area contributed by atoms with E-state index in [1.807, 2.05) is 17.8 Å². The molecule has 100 valence electrons. The van der Waals surface area contributed by atoms with E-state index in [2.05, 4.69) is 31.5 Å². The van der Waals surface area contributed by atoms with E-state index in [0.717, 1.165) is 18.5 Å². The van der Waals surface area contributed by atoms with Crippen LogP contribution in [0.25, 0.3) is 0 Å². The van der Waals surface area contributed by atoms with Gasteiger partial charge in [0.15, 0.2) is 5.78 Å². The number of rotatable bonds is 5. The number of Topliss-reactive ketones (excluding diaryl/α,β-unsaturated/α-hetero) is 1. The second-order valence-electron chi connectivity index (χ2n) is 5.86. The maximum absolute atomic E-state index is 12.1. The van der Waals surface area contributed by atoms with Gasteiger partial charge in [-0.1, -0.05) is 20.8 Å². The Bertz CT molecular complexity index is 434. The second kappa shape index (κ2) is 5.52. The number of hydrogen-bond donors (Lipinski definition) is 0. The van der Waals surface area contributed by atoms with Crippen LogP contribution in [0.3, 0.4) is 0 Å². The minimum absolute atomic E-state index is 0.123. The van der Waals surface area contributed by atoms with Gasteiger partial charge < -0.3 is 4.57 Å². The number of nitrogens with zero attached hydrogens (tertiary/aromatic N) is 1. The number of carbonyl (C=O) groups is 1. The summed E-state index contributed by atoms with van der Waals surface area (Å²) >= 11 is 1.99. The van der Waals surface area contributed by atoms with Gasteiger partial charge in [-0.3, -0.25) is 4.79 Å². The van der Waals surface area contributed by atoms with E-state index >= 15 is 0 Å². The average molecular weight is 265 g/mol. The Hall–Kier alpha value is -0.700. The fourth-order valence-corrected chi connectivity index (χ4v) is 3.31. The molecule has 1 aliphatic carbocycles. The van der Waals surface area contributed by atoms with Crippen LogP contribution in [0.4, 0.5) is 0 Å². The van der Waals surface area contributed by atoms with Crippen LogP contribution in [0.1, 0.15) is 49.7 Å². The molecule has 0 amide bonds. The van der Waals surface area contributed by atoms with Crippen molar-refractivity contribution in [3.05, 3.63) is 23.5 Å². The second-order valence-corrected chi connectivity index (χ2v) is 7.25. The molecule has 1 aliphatic rings. The molecule has 0 atom stereocenters. The monoisotopic (exact) mass is 265 g/mol. The van der Waals surface area contributed by atoms with Gasteiger partial charge in [0.1, 0.15) is 0 Å². The molecule has 0 bridgehead atoms. The van der Waals surface area contributed by atoms with E-state index in [4.69, 9.17) is 0 Å². The van der Waals surface area contributed by atoms with Gasteiger partial charge in [-0.25, -0.2) is 0 Å². The first-order valence-electron chi connectivity index (χ1n) is 6.82. The van der Waals surface area contributed by atoms with Crippen LogP contribution in [0.5, 0.6) is 0 Å². The van der Waals surface area contributed by atoms with Crippen LogP contribution in [0, 0.1) is 5.41 Å². The van der Waals surface area contributed by atoms with Gasteiger partial charge in [0, 0.05) is 30.4 Å². The van der Waals surface area contributed by atoms with Crippen LogP contribution < -0.4 is 0 Å². The predicted molar refractivity (Wildman–Crippen MR) is 78.5 cm³/mol. The number of aromatic nitrogens is 1. The lowest BCUT2D eigenvalue weighted by Gasteiger charge is -2.29. The lowest BCUT2D eigenvalue weighted by Crippen LogP contribution is -2.28. The van der Waals surface area contributed by atoms with E-state index in [-0.39, 0.29) is 5.41 Å². The maximum Gasteiger partial charge on any atom is 0.165 e. The zero-order chi connectivity index (χ0) is 13.2. The lowest BCUT2D eigenvalue weighted by atomic mass is 9.76. The Kier molecular flexibility index (Phi) is 4.21. The molecule has 0 aliphatic heterocycles. The molecule has 0 unspecified atom stereocenters. The average Bonchev–Trinajstić information content (AvgIpc) is 2.66. The van der Waals surface area contributed by atoms with Crippen LogP contribution in [-0.2, 0) is 13.0 Å². The largest absolute Gasteiger partial charge is 0.351 e. The molecule has 1 heterocycles. The first kappa shape index (κ1) is 13.7. The predicted octanol–water partition coefficient (Wildman–Crippen LogP) is 3.79. The molecule has 2 nitrogen and oxygen atoms in total. The third-order valence-corrected chi connectivity index (χ3v) is 4.54. The van der Waals surface area contributed by atoms with Gasteiger partial charge in [-0.05, 0) is 35.8 Å². The molecule has 0 radical (unpaired) electrons. The third-order valence-electron chi connectivity index (χ3n) is 3.56. The summed E-state index contributed by atoms with van der Waals surface area (Å²) in [5, 5.41) is 0. The standard InChI is InChI=1S/C15H23NOS/c1-4-18-9-5-7-16-8-6-12-13(16)10-15(2,3)11-14(12)17/h6,8H,4-5,7,9-11H2,1-3H3. The number of thioether (sulfide) groups is 1. The van der Waals surface area contributed by atoms with Gasteiger partial charge in [0.25, 0.3) is 0 Å². The molecule has 1 aromatic rings. The normalized spacial score (nSPS) is 17.8. The highest BCUT2D eigenvalue weighted by molar-refractivity contribution is 7.99. The minimum Gasteiger partial charge on any atom is -0.351 e. The molecule has 0 saturated carbocycles. The number of hydrogen-bond acceptors (Lipinski definition) is 2. The van der Waals surface area contributed by atoms with Crippen molar-refractivity contribution in [1.29, 1.82) is 0 Å². The fourth-order valence-electron chi connectivity index (χ4n) is 2.69. The zero-order valence-corrected chi connectivity index (χ0v) is 12.5. The highest BCUT2D eigenvalue weighted by Crippen LogP contribution is 2.35. The van der Waals surface area contributed by atoms with Crippen LogP contribution in [-0.4, -0.2) is 21.9 Å². The molecule has 0 spiro atoms. The van der Waals surface area contributed by atoms with Crippen molar-refractivity contribution in [3.8, 4) is 0 Å². The SMILES string of the molecule is CCSCCCn1ccc2c1CC(C)(C)CC2=O.